The van der Waals surface area contributed by atoms with Crippen LogP contribution in [0.5, 0.6) is 17.2 Å². The van der Waals surface area contributed by atoms with Gasteiger partial charge in [-0.15, -0.1) is 0 Å². The Morgan fingerprint density at radius 1 is 0.963 bits per heavy atom. The number of nitrogens with zero attached hydrogens (tertiary/aromatic N) is 1. The van der Waals surface area contributed by atoms with Gasteiger partial charge in [-0.1, -0.05) is 30.3 Å². The van der Waals surface area contributed by atoms with Crippen LogP contribution in [-0.4, -0.2) is 25.0 Å². The molecule has 0 radical (unpaired) electrons. The van der Waals surface area contributed by atoms with Gasteiger partial charge in [-0.2, -0.15) is 0 Å². The summed E-state index contributed by atoms with van der Waals surface area (Å²) in [5.41, 5.74) is 3.88. The van der Waals surface area contributed by atoms with Crippen molar-refractivity contribution in [3.63, 3.8) is 0 Å². The van der Waals surface area contributed by atoms with Crippen molar-refractivity contribution in [2.75, 3.05) is 13.7 Å². The minimum absolute atomic E-state index is 0.241. The highest BCUT2D eigenvalue weighted by Gasteiger charge is 2.06. The number of benzene rings is 3. The number of aryl methyl sites for hydroxylation is 1. The Hall–Kier alpha value is -3.27. The molecule has 0 heterocycles. The van der Waals surface area contributed by atoms with Gasteiger partial charge in [0.1, 0.15) is 5.75 Å². The molecule has 0 bridgehead atoms. The summed E-state index contributed by atoms with van der Waals surface area (Å²) >= 11 is 0. The van der Waals surface area contributed by atoms with E-state index in [-0.39, 0.29) is 5.75 Å². The zero-order valence-corrected chi connectivity index (χ0v) is 15.6. The minimum atomic E-state index is 0.241. The smallest absolute Gasteiger partial charge is 0.161 e. The first-order valence-electron chi connectivity index (χ1n) is 8.84. The molecule has 0 aliphatic heterocycles. The van der Waals surface area contributed by atoms with Crippen molar-refractivity contribution in [1.29, 1.82) is 0 Å². The second-order valence-electron chi connectivity index (χ2n) is 6.22. The molecule has 0 amide bonds. The molecule has 0 aliphatic rings. The van der Waals surface area contributed by atoms with E-state index in [1.807, 2.05) is 43.3 Å². The van der Waals surface area contributed by atoms with Gasteiger partial charge in [-0.25, -0.2) is 0 Å². The first kappa shape index (κ1) is 18.5. The van der Waals surface area contributed by atoms with E-state index in [2.05, 4.69) is 17.1 Å². The molecule has 4 nitrogen and oxygen atoms in total. The second-order valence-corrected chi connectivity index (χ2v) is 6.22. The quantitative estimate of drug-likeness (QED) is 0.597. The average Bonchev–Trinajstić information content (AvgIpc) is 2.69. The van der Waals surface area contributed by atoms with Gasteiger partial charge in [-0.3, -0.25) is 4.99 Å². The molecule has 3 rings (SSSR count). The minimum Gasteiger partial charge on any atom is -0.508 e. The summed E-state index contributed by atoms with van der Waals surface area (Å²) in [6, 6.07) is 21.1. The number of aliphatic imine (C=N–C) groups is 1. The lowest BCUT2D eigenvalue weighted by Gasteiger charge is -2.11. The van der Waals surface area contributed by atoms with Crippen LogP contribution in [0.1, 0.15) is 16.7 Å². The van der Waals surface area contributed by atoms with Gasteiger partial charge in [0.05, 0.1) is 19.4 Å². The van der Waals surface area contributed by atoms with E-state index >= 15 is 0 Å². The van der Waals surface area contributed by atoms with Gasteiger partial charge in [0.25, 0.3) is 0 Å². The molecule has 4 heteroatoms. The van der Waals surface area contributed by atoms with Gasteiger partial charge in [-0.05, 0) is 60.0 Å². The summed E-state index contributed by atoms with van der Waals surface area (Å²) in [4.78, 5) is 4.49. The molecule has 3 aromatic rings. The first-order valence-corrected chi connectivity index (χ1v) is 8.84. The van der Waals surface area contributed by atoms with Crippen molar-refractivity contribution in [3.05, 3.63) is 83.4 Å². The van der Waals surface area contributed by atoms with Crippen LogP contribution < -0.4 is 9.47 Å². The summed E-state index contributed by atoms with van der Waals surface area (Å²) in [5, 5.41) is 9.48. The largest absolute Gasteiger partial charge is 0.508 e. The normalized spacial score (nSPS) is 10.9. The highest BCUT2D eigenvalue weighted by atomic mass is 16.5. The Bertz CT molecular complexity index is 920. The Labute approximate surface area is 159 Å². The fourth-order valence-electron chi connectivity index (χ4n) is 2.74. The SMILES string of the molecule is COc1cc(C=Nc2ccc(O)cc2C)ccc1OCCc1ccccc1. The third-order valence-corrected chi connectivity index (χ3v) is 4.21. The molecule has 0 fully saturated rings. The van der Waals surface area contributed by atoms with Gasteiger partial charge in [0.2, 0.25) is 0 Å². The number of phenols is 1. The van der Waals surface area contributed by atoms with Gasteiger partial charge < -0.3 is 14.6 Å². The van der Waals surface area contributed by atoms with Gasteiger partial charge >= 0.3 is 0 Å². The third kappa shape index (κ3) is 5.11. The standard InChI is InChI=1S/C23H23NO3/c1-17-14-20(25)9-10-21(17)24-16-19-8-11-22(23(15-19)26-2)27-13-12-18-6-4-3-5-7-18/h3-11,14-16,25H,12-13H2,1-2H3. The lowest BCUT2D eigenvalue weighted by atomic mass is 10.1. The molecular formula is C23H23NO3. The Balaban J connectivity index is 1.67. The van der Waals surface area contributed by atoms with Crippen LogP contribution in [0.4, 0.5) is 5.69 Å². The van der Waals surface area contributed by atoms with Crippen molar-refractivity contribution in [1.82, 2.24) is 0 Å². The van der Waals surface area contributed by atoms with Crippen LogP contribution in [0.2, 0.25) is 0 Å². The van der Waals surface area contributed by atoms with E-state index < -0.39 is 0 Å². The topological polar surface area (TPSA) is 51.0 Å². The molecule has 27 heavy (non-hydrogen) atoms. The van der Waals surface area contributed by atoms with E-state index in [9.17, 15) is 5.11 Å². The molecule has 0 aromatic heterocycles. The van der Waals surface area contributed by atoms with Crippen LogP contribution in [0, 0.1) is 6.92 Å². The second kappa shape index (κ2) is 8.90. The van der Waals surface area contributed by atoms with Crippen molar-refractivity contribution in [2.24, 2.45) is 4.99 Å². The zero-order chi connectivity index (χ0) is 19.1. The Kier molecular flexibility index (Phi) is 6.10. The van der Waals surface area contributed by atoms with Crippen LogP contribution in [-0.2, 0) is 6.42 Å². The monoisotopic (exact) mass is 361 g/mol. The van der Waals surface area contributed by atoms with E-state index in [0.29, 0.717) is 18.1 Å². The van der Waals surface area contributed by atoms with Crippen molar-refractivity contribution in [2.45, 2.75) is 13.3 Å². The number of methoxy groups -OCH3 is 1. The number of aromatic hydroxyl groups is 1. The van der Waals surface area contributed by atoms with E-state index in [1.54, 1.807) is 31.5 Å². The molecule has 138 valence electrons. The molecule has 0 unspecified atom stereocenters. The fraction of sp³-hybridized carbons (Fsp3) is 0.174. The molecule has 0 atom stereocenters. The van der Waals surface area contributed by atoms with Crippen molar-refractivity contribution in [3.8, 4) is 17.2 Å². The number of phenolic OH excluding ortho intramolecular Hbond substituents is 1. The maximum atomic E-state index is 9.48. The van der Waals surface area contributed by atoms with E-state index in [0.717, 1.165) is 23.2 Å². The maximum absolute atomic E-state index is 9.48. The summed E-state index contributed by atoms with van der Waals surface area (Å²) in [6.07, 6.45) is 2.61. The van der Waals surface area contributed by atoms with Crippen molar-refractivity contribution >= 4 is 11.9 Å². The molecule has 3 aromatic carbocycles. The van der Waals surface area contributed by atoms with Crippen LogP contribution in [0.25, 0.3) is 0 Å². The molecule has 0 saturated heterocycles. The predicted octanol–water partition coefficient (Wildman–Crippen LogP) is 5.08. The highest BCUT2D eigenvalue weighted by molar-refractivity contribution is 5.83. The lowest BCUT2D eigenvalue weighted by molar-refractivity contribution is 0.297. The number of ether oxygens (including phenoxy) is 2. The molecule has 0 aliphatic carbocycles. The van der Waals surface area contributed by atoms with Crippen LogP contribution in [0.15, 0.2) is 71.7 Å². The number of hydrogen-bond acceptors (Lipinski definition) is 4. The maximum Gasteiger partial charge on any atom is 0.161 e. The summed E-state index contributed by atoms with van der Waals surface area (Å²) in [6.45, 7) is 2.50. The lowest BCUT2D eigenvalue weighted by Crippen LogP contribution is -2.03. The molecular weight excluding hydrogens is 338 g/mol. The van der Waals surface area contributed by atoms with Crippen LogP contribution >= 0.6 is 0 Å². The highest BCUT2D eigenvalue weighted by Crippen LogP contribution is 2.28. The predicted molar refractivity (Wildman–Crippen MR) is 109 cm³/mol. The summed E-state index contributed by atoms with van der Waals surface area (Å²) in [7, 11) is 1.63. The first-order chi connectivity index (χ1) is 13.2. The van der Waals surface area contributed by atoms with Crippen LogP contribution in [0.3, 0.4) is 0 Å². The number of hydrogen-bond donors (Lipinski definition) is 1. The zero-order valence-electron chi connectivity index (χ0n) is 15.6. The third-order valence-electron chi connectivity index (χ3n) is 4.21. The van der Waals surface area contributed by atoms with E-state index in [4.69, 9.17) is 9.47 Å². The number of rotatable bonds is 7. The summed E-state index contributed by atoms with van der Waals surface area (Å²) < 4.78 is 11.3. The van der Waals surface area contributed by atoms with E-state index in [1.165, 1.54) is 5.56 Å². The molecule has 1 N–H and O–H groups in total. The molecule has 0 spiro atoms. The Morgan fingerprint density at radius 2 is 1.78 bits per heavy atom. The van der Waals surface area contributed by atoms with Gasteiger partial charge in [0, 0.05) is 12.6 Å². The molecule has 0 saturated carbocycles. The summed E-state index contributed by atoms with van der Waals surface area (Å²) in [5.74, 6) is 1.63. The fourth-order valence-corrected chi connectivity index (χ4v) is 2.74. The Morgan fingerprint density at radius 3 is 2.52 bits per heavy atom. The van der Waals surface area contributed by atoms with Gasteiger partial charge in [0.15, 0.2) is 11.5 Å². The average molecular weight is 361 g/mol. The van der Waals surface area contributed by atoms with Crippen molar-refractivity contribution < 1.29 is 14.6 Å².